The number of aromatic nitrogens is 3. The third-order valence-corrected chi connectivity index (χ3v) is 4.03. The fraction of sp³-hybridized carbons (Fsp3) is 0.0588. The average molecular weight is 356 g/mol. The summed E-state index contributed by atoms with van der Waals surface area (Å²) in [5, 5.41) is 10.5. The predicted molar refractivity (Wildman–Crippen MR) is 91.1 cm³/mol. The number of hydrogen-bond acceptors (Lipinski definition) is 5. The van der Waals surface area contributed by atoms with Crippen LogP contribution in [0, 0.1) is 0 Å². The number of furan rings is 1. The Morgan fingerprint density at radius 2 is 2.16 bits per heavy atom. The fourth-order valence-electron chi connectivity index (χ4n) is 2.69. The van der Waals surface area contributed by atoms with E-state index in [-0.39, 0.29) is 23.3 Å². The largest absolute Gasteiger partial charge is 0.478 e. The Hall–Kier alpha value is -3.19. The van der Waals surface area contributed by atoms with Gasteiger partial charge in [-0.05, 0) is 24.3 Å². The van der Waals surface area contributed by atoms with E-state index in [1.807, 2.05) is 0 Å². The fourth-order valence-corrected chi connectivity index (χ4v) is 2.92. The van der Waals surface area contributed by atoms with Crippen molar-refractivity contribution >= 4 is 39.4 Å². The summed E-state index contributed by atoms with van der Waals surface area (Å²) in [5.74, 6) is -0.712. The molecule has 0 aliphatic rings. The number of hydrogen-bond donors (Lipinski definition) is 1. The van der Waals surface area contributed by atoms with Gasteiger partial charge >= 0.3 is 5.97 Å². The minimum Gasteiger partial charge on any atom is -0.478 e. The highest BCUT2D eigenvalue weighted by molar-refractivity contribution is 6.32. The minimum absolute atomic E-state index is 0.0260. The van der Waals surface area contributed by atoms with E-state index in [1.165, 1.54) is 23.2 Å². The van der Waals surface area contributed by atoms with E-state index in [0.29, 0.717) is 27.1 Å². The van der Waals surface area contributed by atoms with Crippen LogP contribution in [0.4, 0.5) is 0 Å². The number of pyridine rings is 1. The molecule has 1 aromatic carbocycles. The Kier molecular flexibility index (Phi) is 3.51. The van der Waals surface area contributed by atoms with Crippen molar-refractivity contribution in [2.45, 2.75) is 6.54 Å². The third-order valence-electron chi connectivity index (χ3n) is 3.81. The molecule has 3 heterocycles. The molecule has 0 unspecified atom stereocenters. The van der Waals surface area contributed by atoms with E-state index in [9.17, 15) is 14.7 Å². The normalized spacial score (nSPS) is 11.2. The lowest BCUT2D eigenvalue weighted by Gasteiger charge is -2.04. The zero-order valence-corrected chi connectivity index (χ0v) is 13.4. The van der Waals surface area contributed by atoms with Gasteiger partial charge in [0.2, 0.25) is 0 Å². The first-order valence-corrected chi connectivity index (χ1v) is 7.65. The molecule has 0 amide bonds. The SMILES string of the molecule is O=C(O)c1cc(Cl)cc2cc(Cn3cnc4ccncc4c3=O)oc12. The van der Waals surface area contributed by atoms with Crippen molar-refractivity contribution in [3.05, 3.63) is 69.7 Å². The summed E-state index contributed by atoms with van der Waals surface area (Å²) in [6.07, 6.45) is 4.45. The zero-order valence-electron chi connectivity index (χ0n) is 12.6. The number of carboxylic acids is 1. The van der Waals surface area contributed by atoms with Crippen molar-refractivity contribution in [3.63, 3.8) is 0 Å². The molecule has 0 aliphatic heterocycles. The number of carboxylic acid groups (broad SMARTS) is 1. The third kappa shape index (κ3) is 2.64. The van der Waals surface area contributed by atoms with Crippen molar-refractivity contribution < 1.29 is 14.3 Å². The Morgan fingerprint density at radius 1 is 1.32 bits per heavy atom. The topological polar surface area (TPSA) is 98.2 Å². The van der Waals surface area contributed by atoms with Gasteiger partial charge in [0, 0.05) is 22.8 Å². The molecule has 3 aromatic heterocycles. The number of aromatic carboxylic acids is 1. The van der Waals surface area contributed by atoms with Gasteiger partial charge < -0.3 is 9.52 Å². The second-order valence-corrected chi connectivity index (χ2v) is 5.90. The molecule has 0 radical (unpaired) electrons. The molecule has 0 fully saturated rings. The highest BCUT2D eigenvalue weighted by Gasteiger charge is 2.16. The first kappa shape index (κ1) is 15.3. The van der Waals surface area contributed by atoms with E-state index in [0.717, 1.165) is 0 Å². The van der Waals surface area contributed by atoms with Crippen molar-refractivity contribution in [2.75, 3.05) is 0 Å². The van der Waals surface area contributed by atoms with Crippen LogP contribution in [0.2, 0.25) is 5.02 Å². The number of rotatable bonds is 3. The molecule has 0 spiro atoms. The van der Waals surface area contributed by atoms with E-state index < -0.39 is 5.97 Å². The molecule has 0 saturated carbocycles. The smallest absolute Gasteiger partial charge is 0.339 e. The van der Waals surface area contributed by atoms with Crippen LogP contribution in [-0.4, -0.2) is 25.6 Å². The first-order valence-electron chi connectivity index (χ1n) is 7.27. The molecule has 0 atom stereocenters. The van der Waals surface area contributed by atoms with Crippen LogP contribution in [0.15, 0.2) is 52.2 Å². The maximum atomic E-state index is 12.5. The Morgan fingerprint density at radius 3 is 2.96 bits per heavy atom. The highest BCUT2D eigenvalue weighted by atomic mass is 35.5. The molecule has 0 aliphatic carbocycles. The highest BCUT2D eigenvalue weighted by Crippen LogP contribution is 2.27. The van der Waals surface area contributed by atoms with Crippen LogP contribution < -0.4 is 5.56 Å². The maximum Gasteiger partial charge on any atom is 0.339 e. The minimum atomic E-state index is -1.14. The summed E-state index contributed by atoms with van der Waals surface area (Å²) >= 11 is 5.95. The van der Waals surface area contributed by atoms with Crippen molar-refractivity contribution in [1.82, 2.24) is 14.5 Å². The summed E-state index contributed by atoms with van der Waals surface area (Å²) in [6, 6.07) is 6.26. The number of halogens is 1. The average Bonchev–Trinajstić information content (AvgIpc) is 2.99. The molecule has 124 valence electrons. The van der Waals surface area contributed by atoms with Gasteiger partial charge in [0.25, 0.3) is 5.56 Å². The summed E-state index contributed by atoms with van der Waals surface area (Å²) < 4.78 is 7.02. The number of fused-ring (bicyclic) bond motifs is 2. The lowest BCUT2D eigenvalue weighted by atomic mass is 10.1. The zero-order chi connectivity index (χ0) is 17.6. The van der Waals surface area contributed by atoms with Crippen molar-refractivity contribution in [1.29, 1.82) is 0 Å². The molecule has 1 N–H and O–H groups in total. The molecule has 8 heteroatoms. The van der Waals surface area contributed by atoms with Gasteiger partial charge in [-0.2, -0.15) is 0 Å². The second-order valence-electron chi connectivity index (χ2n) is 5.46. The molecular formula is C17H10ClN3O4. The van der Waals surface area contributed by atoms with Crippen LogP contribution in [0.3, 0.4) is 0 Å². The lowest BCUT2D eigenvalue weighted by Crippen LogP contribution is -2.21. The van der Waals surface area contributed by atoms with Gasteiger partial charge in [0.1, 0.15) is 16.9 Å². The summed E-state index contributed by atoms with van der Waals surface area (Å²) in [5.41, 5.74) is 0.494. The van der Waals surface area contributed by atoms with E-state index in [1.54, 1.807) is 24.4 Å². The van der Waals surface area contributed by atoms with Crippen LogP contribution in [-0.2, 0) is 6.54 Å². The predicted octanol–water partition coefficient (Wildman–Crippen LogP) is 2.94. The molecule has 4 rings (SSSR count). The number of carbonyl (C=O) groups is 1. The quantitative estimate of drug-likeness (QED) is 0.606. The molecular weight excluding hydrogens is 346 g/mol. The Bertz CT molecular complexity index is 1200. The summed E-state index contributed by atoms with van der Waals surface area (Å²) in [6.45, 7) is 0.113. The van der Waals surface area contributed by atoms with Gasteiger partial charge in [-0.1, -0.05) is 11.6 Å². The van der Waals surface area contributed by atoms with Gasteiger partial charge in [0.05, 0.1) is 23.8 Å². The van der Waals surface area contributed by atoms with Gasteiger partial charge in [-0.15, -0.1) is 0 Å². The summed E-state index contributed by atoms with van der Waals surface area (Å²) in [7, 11) is 0. The van der Waals surface area contributed by atoms with Crippen molar-refractivity contribution in [2.24, 2.45) is 0 Å². The van der Waals surface area contributed by atoms with Crippen LogP contribution >= 0.6 is 11.6 Å². The van der Waals surface area contributed by atoms with E-state index >= 15 is 0 Å². The lowest BCUT2D eigenvalue weighted by molar-refractivity contribution is 0.0698. The Labute approximate surface area is 145 Å². The molecule has 4 aromatic rings. The molecule has 7 nitrogen and oxygen atoms in total. The number of benzene rings is 1. The van der Waals surface area contributed by atoms with Crippen LogP contribution in [0.5, 0.6) is 0 Å². The monoisotopic (exact) mass is 355 g/mol. The van der Waals surface area contributed by atoms with Gasteiger partial charge in [0.15, 0.2) is 0 Å². The number of nitrogens with zero attached hydrogens (tertiary/aromatic N) is 3. The molecule has 25 heavy (non-hydrogen) atoms. The van der Waals surface area contributed by atoms with Gasteiger partial charge in [-0.3, -0.25) is 14.3 Å². The van der Waals surface area contributed by atoms with Crippen LogP contribution in [0.1, 0.15) is 16.1 Å². The first-order chi connectivity index (χ1) is 12.0. The molecule has 0 bridgehead atoms. The van der Waals surface area contributed by atoms with Crippen molar-refractivity contribution in [3.8, 4) is 0 Å². The van der Waals surface area contributed by atoms with Crippen LogP contribution in [0.25, 0.3) is 21.9 Å². The van der Waals surface area contributed by atoms with Gasteiger partial charge in [-0.25, -0.2) is 9.78 Å². The maximum absolute atomic E-state index is 12.5. The second kappa shape index (κ2) is 5.71. The Balaban J connectivity index is 1.81. The van der Waals surface area contributed by atoms with E-state index in [4.69, 9.17) is 16.0 Å². The van der Waals surface area contributed by atoms with E-state index in [2.05, 4.69) is 9.97 Å². The standard InChI is InChI=1S/C17H10ClN3O4/c18-10-3-9-4-11(25-15(9)12(5-10)17(23)24)7-21-8-20-14-1-2-19-6-13(14)16(21)22/h1-6,8H,7H2,(H,23,24). The summed E-state index contributed by atoms with van der Waals surface area (Å²) in [4.78, 5) is 32.0. The molecule has 0 saturated heterocycles.